The lowest BCUT2D eigenvalue weighted by atomic mass is 9.84. The number of benzene rings is 2. The van der Waals surface area contributed by atoms with E-state index >= 15 is 0 Å². The van der Waals surface area contributed by atoms with Gasteiger partial charge in [0, 0.05) is 17.2 Å². The lowest BCUT2D eigenvalue weighted by Gasteiger charge is -2.34. The number of ether oxygens (including phenoxy) is 2. The minimum Gasteiger partial charge on any atom is -0.508 e. The summed E-state index contributed by atoms with van der Waals surface area (Å²) in [5.74, 6) is 1.92. The molecule has 2 unspecified atom stereocenters. The second kappa shape index (κ2) is 4.58. The van der Waals surface area contributed by atoms with Crippen molar-refractivity contribution in [2.45, 2.75) is 18.6 Å². The van der Waals surface area contributed by atoms with E-state index in [9.17, 15) is 10.2 Å². The maximum atomic E-state index is 11.2. The molecule has 0 aliphatic carbocycles. The van der Waals surface area contributed by atoms with E-state index < -0.39 is 11.7 Å². The maximum absolute atomic E-state index is 11.2. The predicted molar refractivity (Wildman–Crippen MR) is 91.8 cm³/mol. The lowest BCUT2D eigenvalue weighted by molar-refractivity contribution is -0.0858. The van der Waals surface area contributed by atoms with Gasteiger partial charge in [-0.3, -0.25) is 0 Å². The Morgan fingerprint density at radius 3 is 2.88 bits per heavy atom. The first-order valence-corrected chi connectivity index (χ1v) is 8.05. The highest BCUT2D eigenvalue weighted by atomic mass is 16.5. The molecule has 0 fully saturated rings. The van der Waals surface area contributed by atoms with Gasteiger partial charge in [-0.15, -0.1) is 0 Å². The number of aromatic hydroxyl groups is 1. The number of allylic oxidation sites excluding steroid dienone is 1. The first-order chi connectivity index (χ1) is 12.0. The van der Waals surface area contributed by atoms with E-state index in [1.165, 1.54) is 12.1 Å². The minimum absolute atomic E-state index is 0.0646. The number of phenols is 1. The molecule has 2 N–H and O–H groups in total. The maximum Gasteiger partial charge on any atom is 0.168 e. The van der Waals surface area contributed by atoms with Gasteiger partial charge in [-0.25, -0.2) is 0 Å². The topological polar surface area (TPSA) is 72.1 Å². The summed E-state index contributed by atoms with van der Waals surface area (Å²) in [5, 5.41) is 21.7. The van der Waals surface area contributed by atoms with Gasteiger partial charge >= 0.3 is 0 Å². The van der Waals surface area contributed by atoms with Gasteiger partial charge < -0.3 is 24.1 Å². The van der Waals surface area contributed by atoms with Crippen LogP contribution in [0.3, 0.4) is 0 Å². The van der Waals surface area contributed by atoms with Gasteiger partial charge in [0.2, 0.25) is 0 Å². The first-order valence-electron chi connectivity index (χ1n) is 8.05. The largest absolute Gasteiger partial charge is 0.508 e. The van der Waals surface area contributed by atoms with Crippen molar-refractivity contribution in [1.29, 1.82) is 0 Å². The van der Waals surface area contributed by atoms with Gasteiger partial charge in [0.1, 0.15) is 35.2 Å². The first kappa shape index (κ1) is 14.4. The average Bonchev–Trinajstić information content (AvgIpc) is 3.13. The predicted octanol–water partition coefficient (Wildman–Crippen LogP) is 3.89. The van der Waals surface area contributed by atoms with Crippen LogP contribution < -0.4 is 9.47 Å². The number of fused-ring (bicyclic) bond motifs is 7. The smallest absolute Gasteiger partial charge is 0.168 e. The summed E-state index contributed by atoms with van der Waals surface area (Å²) in [6.07, 6.45) is -0.597. The molecule has 2 atom stereocenters. The molecule has 2 aliphatic rings. The third-order valence-corrected chi connectivity index (χ3v) is 4.93. The van der Waals surface area contributed by atoms with Crippen LogP contribution >= 0.6 is 0 Å². The number of hydrogen-bond donors (Lipinski definition) is 2. The highest BCUT2D eigenvalue weighted by molar-refractivity contribution is 5.89. The average molecular weight is 336 g/mol. The molecular formula is C20H16O5. The van der Waals surface area contributed by atoms with Gasteiger partial charge in [0.05, 0.1) is 5.39 Å². The van der Waals surface area contributed by atoms with Gasteiger partial charge in [-0.05, 0) is 42.8 Å². The summed E-state index contributed by atoms with van der Waals surface area (Å²) >= 11 is 0. The van der Waals surface area contributed by atoms with Crippen LogP contribution in [0.25, 0.3) is 16.5 Å². The molecule has 0 saturated carbocycles. The number of furan rings is 1. The highest BCUT2D eigenvalue weighted by Gasteiger charge is 2.53. The SMILES string of the molecule is C=C(C)c1cc2c3c(ccc2o1)C1Oc2cc(O)ccc2C1(O)CO3. The van der Waals surface area contributed by atoms with E-state index in [0.717, 1.165) is 16.5 Å². The van der Waals surface area contributed by atoms with Crippen LogP contribution in [0.15, 0.2) is 47.4 Å². The van der Waals surface area contributed by atoms with Crippen molar-refractivity contribution in [2.75, 3.05) is 6.61 Å². The van der Waals surface area contributed by atoms with Crippen LogP contribution in [0, 0.1) is 0 Å². The summed E-state index contributed by atoms with van der Waals surface area (Å²) in [6.45, 7) is 5.86. The number of aliphatic hydroxyl groups is 1. The fraction of sp³-hybridized carbons (Fsp3) is 0.200. The second-order valence-electron chi connectivity index (χ2n) is 6.68. The Morgan fingerprint density at radius 2 is 2.08 bits per heavy atom. The van der Waals surface area contributed by atoms with Gasteiger partial charge in [-0.1, -0.05) is 6.58 Å². The van der Waals surface area contributed by atoms with Gasteiger partial charge in [0.15, 0.2) is 11.7 Å². The van der Waals surface area contributed by atoms with Crippen molar-refractivity contribution >= 4 is 16.5 Å². The Bertz CT molecular complexity index is 1050. The van der Waals surface area contributed by atoms with Crippen LogP contribution in [0.2, 0.25) is 0 Å². The zero-order valence-electron chi connectivity index (χ0n) is 13.6. The van der Waals surface area contributed by atoms with Crippen LogP contribution in [-0.2, 0) is 5.60 Å². The Hall–Kier alpha value is -2.92. The molecule has 5 rings (SSSR count). The molecule has 0 spiro atoms. The van der Waals surface area contributed by atoms with Crippen LogP contribution in [0.5, 0.6) is 17.2 Å². The van der Waals surface area contributed by atoms with Crippen molar-refractivity contribution in [3.8, 4) is 17.2 Å². The molecule has 0 bridgehead atoms. The highest BCUT2D eigenvalue weighted by Crippen LogP contribution is 2.55. The molecular weight excluding hydrogens is 320 g/mol. The number of hydrogen-bond acceptors (Lipinski definition) is 5. The second-order valence-corrected chi connectivity index (χ2v) is 6.68. The normalized spacial score (nSPS) is 23.4. The summed E-state index contributed by atoms with van der Waals surface area (Å²) in [4.78, 5) is 0. The third kappa shape index (κ3) is 1.81. The molecule has 5 heteroatoms. The lowest BCUT2D eigenvalue weighted by Crippen LogP contribution is -2.41. The molecule has 25 heavy (non-hydrogen) atoms. The van der Waals surface area contributed by atoms with Crippen molar-refractivity contribution in [2.24, 2.45) is 0 Å². The summed E-state index contributed by atoms with van der Waals surface area (Å²) < 4.78 is 17.7. The molecule has 0 saturated heterocycles. The summed E-state index contributed by atoms with van der Waals surface area (Å²) in [6, 6.07) is 10.3. The molecule has 126 valence electrons. The van der Waals surface area contributed by atoms with Crippen molar-refractivity contribution in [1.82, 2.24) is 0 Å². The minimum atomic E-state index is -1.29. The monoisotopic (exact) mass is 336 g/mol. The van der Waals surface area contributed by atoms with E-state index in [1.54, 1.807) is 6.07 Å². The van der Waals surface area contributed by atoms with Gasteiger partial charge in [-0.2, -0.15) is 0 Å². The standard InChI is InChI=1S/C20H16O5/c1-10(2)16-8-13-15(24-16)6-4-12-18(13)23-9-20(22)14-5-3-11(21)7-17(14)25-19(12)20/h3-8,19,21-22H,1,9H2,2H3. The molecule has 1 aromatic heterocycles. The third-order valence-electron chi connectivity index (χ3n) is 4.93. The Balaban J connectivity index is 1.69. The fourth-order valence-electron chi connectivity index (χ4n) is 3.67. The fourth-order valence-corrected chi connectivity index (χ4v) is 3.67. The Labute approximate surface area is 143 Å². The molecule has 3 aromatic rings. The van der Waals surface area contributed by atoms with E-state index in [-0.39, 0.29) is 12.4 Å². The number of rotatable bonds is 1. The zero-order valence-corrected chi connectivity index (χ0v) is 13.6. The van der Waals surface area contributed by atoms with E-state index in [2.05, 4.69) is 6.58 Å². The molecule has 3 heterocycles. The zero-order chi connectivity index (χ0) is 17.3. The Morgan fingerprint density at radius 1 is 1.24 bits per heavy atom. The Kier molecular flexibility index (Phi) is 2.64. The van der Waals surface area contributed by atoms with Crippen molar-refractivity contribution in [3.63, 3.8) is 0 Å². The summed E-state index contributed by atoms with van der Waals surface area (Å²) in [5.41, 5.74) is 1.62. The van der Waals surface area contributed by atoms with E-state index in [1.807, 2.05) is 25.1 Å². The van der Waals surface area contributed by atoms with Gasteiger partial charge in [0.25, 0.3) is 0 Å². The van der Waals surface area contributed by atoms with E-state index in [0.29, 0.717) is 28.4 Å². The number of phenolic OH excluding ortho intramolecular Hbond substituents is 1. The molecule has 0 amide bonds. The molecule has 2 aromatic carbocycles. The van der Waals surface area contributed by atoms with E-state index in [4.69, 9.17) is 13.9 Å². The quantitative estimate of drug-likeness (QED) is 0.705. The summed E-state index contributed by atoms with van der Waals surface area (Å²) in [7, 11) is 0. The van der Waals surface area contributed by atoms with Crippen LogP contribution in [0.4, 0.5) is 0 Å². The molecule has 2 aliphatic heterocycles. The van der Waals surface area contributed by atoms with Crippen LogP contribution in [0.1, 0.15) is 29.9 Å². The van der Waals surface area contributed by atoms with Crippen molar-refractivity contribution in [3.05, 3.63) is 59.9 Å². The molecule has 0 radical (unpaired) electrons. The van der Waals surface area contributed by atoms with Crippen LogP contribution in [-0.4, -0.2) is 16.8 Å². The molecule has 5 nitrogen and oxygen atoms in total. The van der Waals surface area contributed by atoms with Crippen molar-refractivity contribution < 1.29 is 24.1 Å².